The molecular weight excluding hydrogens is 316 g/mol. The summed E-state index contributed by atoms with van der Waals surface area (Å²) >= 11 is 0. The number of nitrogens with zero attached hydrogens (tertiary/aromatic N) is 3. The summed E-state index contributed by atoms with van der Waals surface area (Å²) in [5, 5.41) is 7.63. The first-order valence-electron chi connectivity index (χ1n) is 8.88. The fourth-order valence-electron chi connectivity index (χ4n) is 2.45. The molecule has 0 aromatic carbocycles. The minimum Gasteiger partial charge on any atom is -0.333 e. The van der Waals surface area contributed by atoms with Gasteiger partial charge in [0.1, 0.15) is 5.82 Å². The molecule has 6 heteroatoms. The minimum atomic E-state index is -0.260. The summed E-state index contributed by atoms with van der Waals surface area (Å²) in [5.74, 6) is 0.671. The number of carbonyl (C=O) groups excluding carboxylic acids is 2. The highest BCUT2D eigenvalue weighted by molar-refractivity contribution is 5.93. The number of amides is 2. The molecule has 0 aliphatic carbocycles. The maximum absolute atomic E-state index is 12.5. The first-order chi connectivity index (χ1) is 11.2. The first kappa shape index (κ1) is 21.2. The molecule has 1 rings (SSSR count). The van der Waals surface area contributed by atoms with E-state index in [1.807, 2.05) is 45.4 Å². The lowest BCUT2D eigenvalue weighted by Gasteiger charge is -2.25. The highest BCUT2D eigenvalue weighted by atomic mass is 16.2. The zero-order valence-corrected chi connectivity index (χ0v) is 17.2. The maximum Gasteiger partial charge on any atom is 0.245 e. The van der Waals surface area contributed by atoms with Gasteiger partial charge in [0, 0.05) is 24.9 Å². The van der Waals surface area contributed by atoms with E-state index in [1.54, 1.807) is 4.90 Å². The first-order valence-corrected chi connectivity index (χ1v) is 8.88. The van der Waals surface area contributed by atoms with Crippen molar-refractivity contribution in [2.75, 3.05) is 18.4 Å². The van der Waals surface area contributed by atoms with Gasteiger partial charge in [-0.25, -0.2) is 4.68 Å². The van der Waals surface area contributed by atoms with Crippen LogP contribution in [0.2, 0.25) is 0 Å². The zero-order chi connectivity index (χ0) is 19.6. The van der Waals surface area contributed by atoms with E-state index in [4.69, 9.17) is 0 Å². The molecule has 0 spiro atoms. The van der Waals surface area contributed by atoms with E-state index < -0.39 is 0 Å². The topological polar surface area (TPSA) is 67.2 Å². The summed E-state index contributed by atoms with van der Waals surface area (Å²) in [6.45, 7) is 18.6. The second kappa shape index (κ2) is 7.58. The number of hydrogen-bond acceptors (Lipinski definition) is 3. The van der Waals surface area contributed by atoms with E-state index in [0.717, 1.165) is 5.69 Å². The molecule has 1 N–H and O–H groups in total. The Morgan fingerprint density at radius 2 is 1.76 bits per heavy atom. The lowest BCUT2D eigenvalue weighted by molar-refractivity contribution is -0.133. The van der Waals surface area contributed by atoms with Gasteiger partial charge in [-0.15, -0.1) is 0 Å². The van der Waals surface area contributed by atoms with Crippen LogP contribution >= 0.6 is 0 Å². The van der Waals surface area contributed by atoms with Gasteiger partial charge in [-0.3, -0.25) is 9.59 Å². The predicted molar refractivity (Wildman–Crippen MR) is 102 cm³/mol. The number of rotatable bonds is 5. The van der Waals surface area contributed by atoms with Crippen LogP contribution in [0.1, 0.15) is 68.0 Å². The van der Waals surface area contributed by atoms with Crippen molar-refractivity contribution in [2.45, 2.75) is 73.3 Å². The van der Waals surface area contributed by atoms with E-state index in [2.05, 4.69) is 31.2 Å². The van der Waals surface area contributed by atoms with Crippen molar-refractivity contribution in [1.29, 1.82) is 0 Å². The highest BCUT2D eigenvalue weighted by Gasteiger charge is 2.26. The van der Waals surface area contributed by atoms with Gasteiger partial charge in [0.15, 0.2) is 0 Å². The second-order valence-corrected chi connectivity index (χ2v) is 9.09. The lowest BCUT2D eigenvalue weighted by Crippen LogP contribution is -2.39. The van der Waals surface area contributed by atoms with Crippen molar-refractivity contribution in [3.05, 3.63) is 11.8 Å². The Morgan fingerprint density at radius 3 is 2.16 bits per heavy atom. The van der Waals surface area contributed by atoms with Gasteiger partial charge in [0.05, 0.1) is 17.8 Å². The third-order valence-corrected chi connectivity index (χ3v) is 3.75. The Morgan fingerprint density at radius 1 is 1.20 bits per heavy atom. The molecule has 0 aliphatic rings. The molecule has 1 heterocycles. The van der Waals surface area contributed by atoms with E-state index in [0.29, 0.717) is 18.3 Å². The van der Waals surface area contributed by atoms with Crippen molar-refractivity contribution >= 4 is 17.6 Å². The number of nitrogens with one attached hydrogen (secondary N) is 1. The molecule has 1 aromatic rings. The van der Waals surface area contributed by atoms with Gasteiger partial charge < -0.3 is 10.2 Å². The SMILES string of the molecule is CC(=O)N(CC(=O)Nc1cc(C(C)(C)C)nn1C(C)(C)C)CC(C)C. The van der Waals surface area contributed by atoms with E-state index >= 15 is 0 Å². The molecule has 0 saturated heterocycles. The van der Waals surface area contributed by atoms with Crippen LogP contribution in [0.3, 0.4) is 0 Å². The largest absolute Gasteiger partial charge is 0.333 e. The summed E-state index contributed by atoms with van der Waals surface area (Å²) in [6.07, 6.45) is 0. The van der Waals surface area contributed by atoms with Crippen LogP contribution in [0.15, 0.2) is 6.07 Å². The molecule has 0 aliphatic heterocycles. The summed E-state index contributed by atoms with van der Waals surface area (Å²) in [7, 11) is 0. The van der Waals surface area contributed by atoms with Gasteiger partial charge in [-0.2, -0.15) is 5.10 Å². The number of anilines is 1. The zero-order valence-electron chi connectivity index (χ0n) is 17.2. The van der Waals surface area contributed by atoms with Crippen LogP contribution in [0.25, 0.3) is 0 Å². The Kier molecular flexibility index (Phi) is 6.43. The molecular formula is C19H34N4O2. The minimum absolute atomic E-state index is 0.0493. The summed E-state index contributed by atoms with van der Waals surface area (Å²) in [5.41, 5.74) is 0.548. The average Bonchev–Trinajstić information content (AvgIpc) is 2.80. The Balaban J connectivity index is 3.03. The Hall–Kier alpha value is -1.85. The van der Waals surface area contributed by atoms with Crippen LogP contribution < -0.4 is 5.32 Å². The number of aromatic nitrogens is 2. The van der Waals surface area contributed by atoms with Crippen molar-refractivity contribution in [2.24, 2.45) is 5.92 Å². The fraction of sp³-hybridized carbons (Fsp3) is 0.737. The second-order valence-electron chi connectivity index (χ2n) is 9.09. The van der Waals surface area contributed by atoms with Crippen molar-refractivity contribution < 1.29 is 9.59 Å². The molecule has 0 saturated carbocycles. The summed E-state index contributed by atoms with van der Waals surface area (Å²) in [6, 6.07) is 1.92. The smallest absolute Gasteiger partial charge is 0.245 e. The number of hydrogen-bond donors (Lipinski definition) is 1. The maximum atomic E-state index is 12.5. The lowest BCUT2D eigenvalue weighted by atomic mass is 9.92. The fourth-order valence-corrected chi connectivity index (χ4v) is 2.45. The van der Waals surface area contributed by atoms with Gasteiger partial charge in [-0.05, 0) is 26.7 Å². The quantitative estimate of drug-likeness (QED) is 0.885. The summed E-state index contributed by atoms with van der Waals surface area (Å²) < 4.78 is 1.84. The normalized spacial score (nSPS) is 12.4. The van der Waals surface area contributed by atoms with Crippen LogP contribution in [-0.4, -0.2) is 39.6 Å². The van der Waals surface area contributed by atoms with Crippen LogP contribution in [0, 0.1) is 5.92 Å². The Bertz CT molecular complexity index is 618. The standard InChI is InChI=1S/C19H34N4O2/c1-13(2)11-22(14(3)24)12-17(25)20-16-10-15(18(4,5)6)21-23(16)19(7,8)9/h10,13H,11-12H2,1-9H3,(H,20,25). The molecule has 0 atom stereocenters. The Labute approximate surface area is 152 Å². The van der Waals surface area contributed by atoms with E-state index in [-0.39, 0.29) is 29.3 Å². The summed E-state index contributed by atoms with van der Waals surface area (Å²) in [4.78, 5) is 25.8. The average molecular weight is 351 g/mol. The van der Waals surface area contributed by atoms with Crippen LogP contribution in [0.5, 0.6) is 0 Å². The van der Waals surface area contributed by atoms with Crippen molar-refractivity contribution in [3.63, 3.8) is 0 Å². The molecule has 0 fully saturated rings. The highest BCUT2D eigenvalue weighted by Crippen LogP contribution is 2.28. The van der Waals surface area contributed by atoms with Crippen molar-refractivity contribution in [3.8, 4) is 0 Å². The van der Waals surface area contributed by atoms with Gasteiger partial charge >= 0.3 is 0 Å². The third kappa shape index (κ3) is 6.18. The third-order valence-electron chi connectivity index (χ3n) is 3.75. The molecule has 0 radical (unpaired) electrons. The van der Waals surface area contributed by atoms with Crippen LogP contribution in [-0.2, 0) is 20.5 Å². The van der Waals surface area contributed by atoms with Gasteiger partial charge in [0.25, 0.3) is 0 Å². The van der Waals surface area contributed by atoms with Crippen LogP contribution in [0.4, 0.5) is 5.82 Å². The molecule has 6 nitrogen and oxygen atoms in total. The molecule has 1 aromatic heterocycles. The molecule has 0 bridgehead atoms. The molecule has 0 unspecified atom stereocenters. The van der Waals surface area contributed by atoms with E-state index in [1.165, 1.54) is 6.92 Å². The molecule has 25 heavy (non-hydrogen) atoms. The number of carbonyl (C=O) groups is 2. The molecule has 2 amide bonds. The monoisotopic (exact) mass is 350 g/mol. The predicted octanol–water partition coefficient (Wildman–Crippen LogP) is 3.38. The van der Waals surface area contributed by atoms with Gasteiger partial charge in [0.2, 0.25) is 11.8 Å². The van der Waals surface area contributed by atoms with Gasteiger partial charge in [-0.1, -0.05) is 34.6 Å². The van der Waals surface area contributed by atoms with Crippen molar-refractivity contribution in [1.82, 2.24) is 14.7 Å². The van der Waals surface area contributed by atoms with E-state index in [9.17, 15) is 9.59 Å². The molecule has 142 valence electrons.